The molecule has 0 aliphatic carbocycles. The molecule has 0 saturated heterocycles. The topological polar surface area (TPSA) is 85.1 Å². The maximum atomic E-state index is 13.0. The van der Waals surface area contributed by atoms with Crippen molar-refractivity contribution in [3.05, 3.63) is 81.1 Å². The van der Waals surface area contributed by atoms with Gasteiger partial charge in [0.15, 0.2) is 0 Å². The molecule has 0 fully saturated rings. The minimum absolute atomic E-state index is 0.0495. The highest BCUT2D eigenvalue weighted by Gasteiger charge is 2.17. The van der Waals surface area contributed by atoms with E-state index in [4.69, 9.17) is 5.73 Å². The Bertz CT molecular complexity index is 983. The summed E-state index contributed by atoms with van der Waals surface area (Å²) in [6, 6.07) is 13.2. The van der Waals surface area contributed by atoms with Gasteiger partial charge < -0.3 is 11.1 Å². The van der Waals surface area contributed by atoms with Crippen molar-refractivity contribution < 1.29 is 14.0 Å². The first-order valence-corrected chi connectivity index (χ1v) is 9.12. The lowest BCUT2D eigenvalue weighted by molar-refractivity contribution is -0.117. The third-order valence-electron chi connectivity index (χ3n) is 3.95. The number of amides is 2. The van der Waals surface area contributed by atoms with Crippen molar-refractivity contribution in [1.29, 1.82) is 0 Å². The third-order valence-corrected chi connectivity index (χ3v) is 5.10. The molecule has 3 aromatic rings. The monoisotopic (exact) mass is 383 g/mol. The van der Waals surface area contributed by atoms with Crippen LogP contribution in [0.1, 0.15) is 31.5 Å². The van der Waals surface area contributed by atoms with Gasteiger partial charge >= 0.3 is 0 Å². The molecule has 5 nitrogen and oxygen atoms in total. The average molecular weight is 383 g/mol. The Labute approximate surface area is 160 Å². The van der Waals surface area contributed by atoms with Gasteiger partial charge in [0.05, 0.1) is 17.1 Å². The van der Waals surface area contributed by atoms with Crippen molar-refractivity contribution in [2.75, 3.05) is 5.32 Å². The summed E-state index contributed by atoms with van der Waals surface area (Å²) < 4.78 is 13.0. The molecule has 1 heterocycles. The van der Waals surface area contributed by atoms with Crippen LogP contribution in [0.25, 0.3) is 0 Å². The quantitative estimate of drug-likeness (QED) is 0.684. The summed E-state index contributed by atoms with van der Waals surface area (Å²) >= 11 is 1.30. The predicted molar refractivity (Wildman–Crippen MR) is 103 cm³/mol. The largest absolute Gasteiger partial charge is 0.369 e. The molecule has 2 aromatic carbocycles. The molecule has 0 aliphatic rings. The lowest BCUT2D eigenvalue weighted by atomic mass is 10.1. The maximum Gasteiger partial charge on any atom is 0.267 e. The van der Waals surface area contributed by atoms with Crippen molar-refractivity contribution >= 4 is 28.8 Å². The van der Waals surface area contributed by atoms with E-state index in [-0.39, 0.29) is 18.1 Å². The standard InChI is InChI=1S/C20H18FN3O2S/c1-12-19(27-18(23-12)10-13-6-8-15(21)9-7-13)20(26)24-16-5-3-2-4-14(16)11-17(22)25/h2-9H,10-11H2,1H3,(H2,22,25)(H,24,26). The number of carbonyl (C=O) groups is 2. The van der Waals surface area contributed by atoms with Crippen LogP contribution in [-0.2, 0) is 17.6 Å². The number of hydrogen-bond acceptors (Lipinski definition) is 4. The number of aromatic nitrogens is 1. The van der Waals surface area contributed by atoms with Crippen molar-refractivity contribution in [2.24, 2.45) is 5.73 Å². The maximum absolute atomic E-state index is 13.0. The Morgan fingerprint density at radius 2 is 1.85 bits per heavy atom. The zero-order chi connectivity index (χ0) is 19.4. The normalized spacial score (nSPS) is 10.6. The number of hydrogen-bond donors (Lipinski definition) is 2. The zero-order valence-corrected chi connectivity index (χ0v) is 15.5. The van der Waals surface area contributed by atoms with E-state index in [9.17, 15) is 14.0 Å². The van der Waals surface area contributed by atoms with Gasteiger partial charge in [0.25, 0.3) is 5.91 Å². The first kappa shape index (κ1) is 18.7. The lowest BCUT2D eigenvalue weighted by Crippen LogP contribution is -2.17. The second-order valence-electron chi connectivity index (χ2n) is 6.08. The van der Waals surface area contributed by atoms with Crippen LogP contribution in [0.2, 0.25) is 0 Å². The first-order chi connectivity index (χ1) is 12.9. The fourth-order valence-corrected chi connectivity index (χ4v) is 3.67. The molecular formula is C20H18FN3O2S. The highest BCUT2D eigenvalue weighted by Crippen LogP contribution is 2.23. The number of nitrogens with zero attached hydrogens (tertiary/aromatic N) is 1. The molecule has 0 aliphatic heterocycles. The average Bonchev–Trinajstić information content (AvgIpc) is 2.98. The molecule has 27 heavy (non-hydrogen) atoms. The minimum atomic E-state index is -0.466. The molecule has 138 valence electrons. The Morgan fingerprint density at radius 1 is 1.15 bits per heavy atom. The van der Waals surface area contributed by atoms with Gasteiger partial charge in [0, 0.05) is 12.1 Å². The third kappa shape index (κ3) is 4.77. The van der Waals surface area contributed by atoms with E-state index in [0.717, 1.165) is 10.6 Å². The first-order valence-electron chi connectivity index (χ1n) is 8.30. The number of rotatable bonds is 6. The van der Waals surface area contributed by atoms with Crippen LogP contribution in [0, 0.1) is 12.7 Å². The van der Waals surface area contributed by atoms with Crippen molar-refractivity contribution in [3.8, 4) is 0 Å². The van der Waals surface area contributed by atoms with Crippen molar-refractivity contribution in [2.45, 2.75) is 19.8 Å². The summed E-state index contributed by atoms with van der Waals surface area (Å²) in [4.78, 5) is 28.8. The fourth-order valence-electron chi connectivity index (χ4n) is 2.68. The summed E-state index contributed by atoms with van der Waals surface area (Å²) in [6.45, 7) is 1.77. The highest BCUT2D eigenvalue weighted by molar-refractivity contribution is 7.14. The number of primary amides is 1. The smallest absolute Gasteiger partial charge is 0.267 e. The number of nitrogens with two attached hydrogens (primary N) is 1. The van der Waals surface area contributed by atoms with Gasteiger partial charge in [-0.05, 0) is 36.2 Å². The lowest BCUT2D eigenvalue weighted by Gasteiger charge is -2.09. The molecule has 0 spiro atoms. The highest BCUT2D eigenvalue weighted by atomic mass is 32.1. The van der Waals surface area contributed by atoms with E-state index in [1.54, 1.807) is 43.3 Å². The molecule has 2 amide bonds. The molecule has 3 rings (SSSR count). The number of nitrogens with one attached hydrogen (secondary N) is 1. The van der Waals surface area contributed by atoms with E-state index in [1.165, 1.54) is 23.5 Å². The van der Waals surface area contributed by atoms with Crippen LogP contribution in [-0.4, -0.2) is 16.8 Å². The molecule has 7 heteroatoms. The second kappa shape index (κ2) is 8.09. The number of para-hydroxylation sites is 1. The Hall–Kier alpha value is -3.06. The van der Waals surface area contributed by atoms with Gasteiger partial charge in [-0.3, -0.25) is 9.59 Å². The van der Waals surface area contributed by atoms with Crippen LogP contribution in [0.4, 0.5) is 10.1 Å². The Kier molecular flexibility index (Phi) is 5.61. The molecule has 0 atom stereocenters. The van der Waals surface area contributed by atoms with Gasteiger partial charge in [0.1, 0.15) is 10.7 Å². The van der Waals surface area contributed by atoms with Gasteiger partial charge in [-0.2, -0.15) is 0 Å². The van der Waals surface area contributed by atoms with Gasteiger partial charge in [-0.25, -0.2) is 9.37 Å². The minimum Gasteiger partial charge on any atom is -0.369 e. The predicted octanol–water partition coefficient (Wildman–Crippen LogP) is 3.46. The summed E-state index contributed by atoms with van der Waals surface area (Å²) in [6.07, 6.45) is 0.575. The molecule has 3 N–H and O–H groups in total. The summed E-state index contributed by atoms with van der Waals surface area (Å²) in [5, 5.41) is 3.60. The van der Waals surface area contributed by atoms with E-state index in [2.05, 4.69) is 10.3 Å². The van der Waals surface area contributed by atoms with E-state index in [0.29, 0.717) is 28.2 Å². The number of thiazole rings is 1. The second-order valence-corrected chi connectivity index (χ2v) is 7.16. The molecule has 0 unspecified atom stereocenters. The molecule has 0 radical (unpaired) electrons. The molecular weight excluding hydrogens is 365 g/mol. The van der Waals surface area contributed by atoms with E-state index < -0.39 is 5.91 Å². The Balaban J connectivity index is 1.77. The van der Waals surface area contributed by atoms with Crippen LogP contribution < -0.4 is 11.1 Å². The van der Waals surface area contributed by atoms with E-state index in [1.807, 2.05) is 0 Å². The summed E-state index contributed by atoms with van der Waals surface area (Å²) in [5.41, 5.74) is 8.02. The van der Waals surface area contributed by atoms with Crippen LogP contribution in [0.3, 0.4) is 0 Å². The van der Waals surface area contributed by atoms with Crippen molar-refractivity contribution in [1.82, 2.24) is 4.98 Å². The van der Waals surface area contributed by atoms with Crippen LogP contribution >= 0.6 is 11.3 Å². The van der Waals surface area contributed by atoms with Gasteiger partial charge in [-0.1, -0.05) is 30.3 Å². The molecule has 0 saturated carbocycles. The van der Waals surface area contributed by atoms with Crippen LogP contribution in [0.15, 0.2) is 48.5 Å². The van der Waals surface area contributed by atoms with Gasteiger partial charge in [-0.15, -0.1) is 11.3 Å². The van der Waals surface area contributed by atoms with Crippen LogP contribution in [0.5, 0.6) is 0 Å². The number of halogens is 1. The number of anilines is 1. The number of aryl methyl sites for hydroxylation is 1. The summed E-state index contributed by atoms with van der Waals surface area (Å²) in [5.74, 6) is -1.04. The molecule has 1 aromatic heterocycles. The summed E-state index contributed by atoms with van der Waals surface area (Å²) in [7, 11) is 0. The van der Waals surface area contributed by atoms with Crippen molar-refractivity contribution in [3.63, 3.8) is 0 Å². The fraction of sp³-hybridized carbons (Fsp3) is 0.150. The van der Waals surface area contributed by atoms with Gasteiger partial charge in [0.2, 0.25) is 5.91 Å². The Morgan fingerprint density at radius 3 is 2.56 bits per heavy atom. The van der Waals surface area contributed by atoms with E-state index >= 15 is 0 Å². The molecule has 0 bridgehead atoms. The SMILES string of the molecule is Cc1nc(Cc2ccc(F)cc2)sc1C(=O)Nc1ccccc1CC(N)=O. The zero-order valence-electron chi connectivity index (χ0n) is 14.7. The number of carbonyl (C=O) groups excluding carboxylic acids is 2. The number of benzene rings is 2.